The molecule has 0 saturated heterocycles. The van der Waals surface area contributed by atoms with Crippen molar-refractivity contribution in [3.8, 4) is 5.75 Å². The third kappa shape index (κ3) is 3.31. The number of amides is 1. The summed E-state index contributed by atoms with van der Waals surface area (Å²) in [5.41, 5.74) is 1.84. The number of carbonyl (C=O) groups excluding carboxylic acids is 1. The van der Waals surface area contributed by atoms with Crippen LogP contribution in [0.5, 0.6) is 5.75 Å². The lowest BCUT2D eigenvalue weighted by Gasteiger charge is -2.11. The molecule has 0 atom stereocenters. The zero-order chi connectivity index (χ0) is 16.4. The van der Waals surface area contributed by atoms with Crippen LogP contribution in [0.4, 0.5) is 13.2 Å². The van der Waals surface area contributed by atoms with Crippen LogP contribution < -0.4 is 10.1 Å². The van der Waals surface area contributed by atoms with Gasteiger partial charge in [0.2, 0.25) is 5.91 Å². The van der Waals surface area contributed by atoms with Crippen molar-refractivity contribution in [2.75, 3.05) is 6.54 Å². The summed E-state index contributed by atoms with van der Waals surface area (Å²) in [4.78, 5) is 11.5. The summed E-state index contributed by atoms with van der Waals surface area (Å²) in [6, 6.07) is 7.27. The zero-order valence-corrected chi connectivity index (χ0v) is 12.2. The number of fused-ring (bicyclic) bond motifs is 1. The molecule has 2 aromatic carbocycles. The molecular formula is C17H14F3NO2. The Kier molecular flexibility index (Phi) is 4.23. The second-order valence-electron chi connectivity index (χ2n) is 5.33. The Morgan fingerprint density at radius 3 is 2.70 bits per heavy atom. The second kappa shape index (κ2) is 6.32. The van der Waals surface area contributed by atoms with Crippen LogP contribution in [0.2, 0.25) is 0 Å². The maximum Gasteiger partial charge on any atom is 0.224 e. The van der Waals surface area contributed by atoms with Crippen LogP contribution in [0.15, 0.2) is 30.3 Å². The predicted octanol–water partition coefficient (Wildman–Crippen LogP) is 2.90. The molecule has 1 heterocycles. The van der Waals surface area contributed by atoms with Gasteiger partial charge in [0.05, 0.1) is 6.42 Å². The number of halogens is 3. The number of rotatable bonds is 3. The van der Waals surface area contributed by atoms with E-state index in [1.165, 1.54) is 0 Å². The molecule has 0 spiro atoms. The van der Waals surface area contributed by atoms with Crippen LogP contribution in [0.3, 0.4) is 0 Å². The van der Waals surface area contributed by atoms with Gasteiger partial charge in [0.25, 0.3) is 0 Å². The fourth-order valence-electron chi connectivity index (χ4n) is 2.51. The smallest absolute Gasteiger partial charge is 0.224 e. The standard InChI is InChI=1S/C17H14F3NO2/c18-14-4-2-12(16(19)17(14)20)9-23-13-3-1-10-8-15(22)21-6-5-11(10)7-13/h1-4,7H,5-6,8-9H2,(H,21,22). The van der Waals surface area contributed by atoms with E-state index in [-0.39, 0.29) is 18.1 Å². The van der Waals surface area contributed by atoms with E-state index >= 15 is 0 Å². The van der Waals surface area contributed by atoms with Crippen LogP contribution in [0.25, 0.3) is 0 Å². The molecule has 1 N–H and O–H groups in total. The molecule has 1 aliphatic rings. The predicted molar refractivity (Wildman–Crippen MR) is 77.5 cm³/mol. The summed E-state index contributed by atoms with van der Waals surface area (Å²) in [5.74, 6) is -3.51. The fraction of sp³-hybridized carbons (Fsp3) is 0.235. The average Bonchev–Trinajstić information content (AvgIpc) is 2.72. The van der Waals surface area contributed by atoms with Gasteiger partial charge in [-0.1, -0.05) is 6.07 Å². The molecule has 3 nitrogen and oxygen atoms in total. The minimum absolute atomic E-state index is 0.0266. The number of hydrogen-bond donors (Lipinski definition) is 1. The first-order chi connectivity index (χ1) is 11.0. The molecule has 0 aliphatic carbocycles. The number of ether oxygens (including phenoxy) is 1. The van der Waals surface area contributed by atoms with Gasteiger partial charge in [-0.3, -0.25) is 4.79 Å². The molecule has 2 aromatic rings. The molecule has 6 heteroatoms. The van der Waals surface area contributed by atoms with Crippen LogP contribution in [-0.2, 0) is 24.2 Å². The van der Waals surface area contributed by atoms with Crippen molar-refractivity contribution in [3.05, 3.63) is 64.5 Å². The largest absolute Gasteiger partial charge is 0.489 e. The molecule has 1 amide bonds. The molecule has 1 aliphatic heterocycles. The van der Waals surface area contributed by atoms with Gasteiger partial charge in [-0.2, -0.15) is 0 Å². The van der Waals surface area contributed by atoms with Gasteiger partial charge in [0.15, 0.2) is 17.5 Å². The van der Waals surface area contributed by atoms with Crippen molar-refractivity contribution in [3.63, 3.8) is 0 Å². The summed E-state index contributed by atoms with van der Waals surface area (Å²) in [6.45, 7) is 0.339. The number of benzene rings is 2. The van der Waals surface area contributed by atoms with E-state index in [4.69, 9.17) is 4.74 Å². The fourth-order valence-corrected chi connectivity index (χ4v) is 2.51. The van der Waals surface area contributed by atoms with Gasteiger partial charge in [-0.05, 0) is 41.8 Å². The van der Waals surface area contributed by atoms with Crippen molar-refractivity contribution in [1.82, 2.24) is 5.32 Å². The molecule has 0 unspecified atom stereocenters. The van der Waals surface area contributed by atoms with Crippen LogP contribution in [0, 0.1) is 17.5 Å². The van der Waals surface area contributed by atoms with Gasteiger partial charge in [-0.15, -0.1) is 0 Å². The van der Waals surface area contributed by atoms with E-state index < -0.39 is 17.5 Å². The Morgan fingerprint density at radius 2 is 1.87 bits per heavy atom. The lowest BCUT2D eigenvalue weighted by atomic mass is 10.0. The number of carbonyl (C=O) groups is 1. The minimum Gasteiger partial charge on any atom is -0.489 e. The maximum atomic E-state index is 13.6. The first-order valence-corrected chi connectivity index (χ1v) is 7.18. The van der Waals surface area contributed by atoms with Crippen LogP contribution in [-0.4, -0.2) is 12.5 Å². The van der Waals surface area contributed by atoms with Crippen molar-refractivity contribution >= 4 is 5.91 Å². The lowest BCUT2D eigenvalue weighted by molar-refractivity contribution is -0.120. The quantitative estimate of drug-likeness (QED) is 0.883. The van der Waals surface area contributed by atoms with Gasteiger partial charge in [0, 0.05) is 12.1 Å². The normalized spacial score (nSPS) is 14.0. The summed E-state index contributed by atoms with van der Waals surface area (Å²) >= 11 is 0. The highest BCUT2D eigenvalue weighted by atomic mass is 19.2. The SMILES string of the molecule is O=C1Cc2ccc(OCc3ccc(F)c(F)c3F)cc2CCN1. The summed E-state index contributed by atoms with van der Waals surface area (Å²) in [5, 5.41) is 2.78. The van der Waals surface area contributed by atoms with Crippen molar-refractivity contribution < 1.29 is 22.7 Å². The Balaban J connectivity index is 1.76. The van der Waals surface area contributed by atoms with Crippen LogP contribution >= 0.6 is 0 Å². The second-order valence-corrected chi connectivity index (χ2v) is 5.33. The summed E-state index contributed by atoms with van der Waals surface area (Å²) in [6.07, 6.45) is 0.991. The average molecular weight is 321 g/mol. The van der Waals surface area contributed by atoms with E-state index in [2.05, 4.69) is 5.32 Å². The molecule has 0 saturated carbocycles. The topological polar surface area (TPSA) is 38.3 Å². The number of nitrogens with one attached hydrogen (secondary N) is 1. The van der Waals surface area contributed by atoms with E-state index in [1.807, 2.05) is 0 Å². The number of hydrogen-bond acceptors (Lipinski definition) is 2. The molecule has 0 radical (unpaired) electrons. The molecule has 120 valence electrons. The molecule has 23 heavy (non-hydrogen) atoms. The van der Waals surface area contributed by atoms with E-state index in [9.17, 15) is 18.0 Å². The maximum absolute atomic E-state index is 13.6. The van der Waals surface area contributed by atoms with Gasteiger partial charge in [0.1, 0.15) is 12.4 Å². The van der Waals surface area contributed by atoms with Crippen molar-refractivity contribution in [1.29, 1.82) is 0 Å². The highest BCUT2D eigenvalue weighted by Gasteiger charge is 2.15. The Morgan fingerprint density at radius 1 is 1.04 bits per heavy atom. The molecular weight excluding hydrogens is 307 g/mol. The molecule has 0 aromatic heterocycles. The van der Waals surface area contributed by atoms with Crippen molar-refractivity contribution in [2.45, 2.75) is 19.4 Å². The lowest BCUT2D eigenvalue weighted by Crippen LogP contribution is -2.24. The first-order valence-electron chi connectivity index (χ1n) is 7.18. The van der Waals surface area contributed by atoms with E-state index in [0.29, 0.717) is 25.1 Å². The third-order valence-corrected chi connectivity index (χ3v) is 3.75. The van der Waals surface area contributed by atoms with Crippen molar-refractivity contribution in [2.24, 2.45) is 0 Å². The van der Waals surface area contributed by atoms with E-state index in [0.717, 1.165) is 23.3 Å². The van der Waals surface area contributed by atoms with Gasteiger partial charge < -0.3 is 10.1 Å². The monoisotopic (exact) mass is 321 g/mol. The third-order valence-electron chi connectivity index (χ3n) is 3.75. The zero-order valence-electron chi connectivity index (χ0n) is 12.2. The minimum atomic E-state index is -1.50. The molecule has 0 bridgehead atoms. The highest BCUT2D eigenvalue weighted by molar-refractivity contribution is 5.79. The highest BCUT2D eigenvalue weighted by Crippen LogP contribution is 2.22. The first kappa shape index (κ1) is 15.4. The Labute approximate surface area is 131 Å². The van der Waals surface area contributed by atoms with Gasteiger partial charge >= 0.3 is 0 Å². The molecule has 3 rings (SSSR count). The molecule has 0 fully saturated rings. The Bertz CT molecular complexity index is 762. The Hall–Kier alpha value is -2.50. The van der Waals surface area contributed by atoms with Gasteiger partial charge in [-0.25, -0.2) is 13.2 Å². The summed E-state index contributed by atoms with van der Waals surface area (Å²) < 4.78 is 45.1. The van der Waals surface area contributed by atoms with Crippen LogP contribution in [0.1, 0.15) is 16.7 Å². The van der Waals surface area contributed by atoms with E-state index in [1.54, 1.807) is 18.2 Å². The summed E-state index contributed by atoms with van der Waals surface area (Å²) in [7, 11) is 0.